The zero-order valence-electron chi connectivity index (χ0n) is 11.7. The molecule has 9 heteroatoms. The van der Waals surface area contributed by atoms with E-state index >= 15 is 0 Å². The molecular weight excluding hydrogens is 316 g/mol. The summed E-state index contributed by atoms with van der Waals surface area (Å²) in [6.45, 7) is 2.14. The molecule has 4 N–H and O–H groups in total. The van der Waals surface area contributed by atoms with Crippen LogP contribution in [0.3, 0.4) is 0 Å². The van der Waals surface area contributed by atoms with E-state index in [1.165, 1.54) is 18.2 Å². The third-order valence-corrected chi connectivity index (χ3v) is 5.29. The van der Waals surface area contributed by atoms with Gasteiger partial charge in [0.15, 0.2) is 0 Å². The highest BCUT2D eigenvalue weighted by Gasteiger charge is 2.17. The molecule has 0 aliphatic rings. The summed E-state index contributed by atoms with van der Waals surface area (Å²) in [7, 11) is -7.73. The summed E-state index contributed by atoms with van der Waals surface area (Å²) in [5.74, 6) is 0.111. The second-order valence-corrected chi connectivity index (χ2v) is 8.18. The minimum absolute atomic E-state index is 0.0587. The first-order chi connectivity index (χ1) is 9.66. The molecule has 1 aromatic carbocycles. The van der Waals surface area contributed by atoms with Gasteiger partial charge in [0.05, 0.1) is 9.79 Å². The second kappa shape index (κ2) is 7.32. The first-order valence-electron chi connectivity index (χ1n) is 6.40. The Morgan fingerprint density at radius 3 is 2.43 bits per heavy atom. The number of rotatable bonds is 8. The van der Waals surface area contributed by atoms with Crippen LogP contribution < -0.4 is 9.86 Å². The Morgan fingerprint density at radius 2 is 1.86 bits per heavy atom. The standard InChI is InChI=1S/C12H20N2O5S2/c1-10(9-15)4-3-7-14-21(18,19)12-6-2-5-11(8-12)20(13,16)17/h2,5-6,8,10,14-15H,3-4,7,9H2,1H3,(H2,13,16,17). The van der Waals surface area contributed by atoms with Crippen LogP contribution in [0.2, 0.25) is 0 Å². The van der Waals surface area contributed by atoms with Crippen molar-refractivity contribution in [2.45, 2.75) is 29.6 Å². The van der Waals surface area contributed by atoms with Crippen molar-refractivity contribution in [3.8, 4) is 0 Å². The Kier molecular flexibility index (Phi) is 6.29. The summed E-state index contributed by atoms with van der Waals surface area (Å²) in [5.41, 5.74) is 0. The number of nitrogens with two attached hydrogens (primary N) is 1. The van der Waals surface area contributed by atoms with Crippen molar-refractivity contribution in [3.05, 3.63) is 24.3 Å². The van der Waals surface area contributed by atoms with Crippen LogP contribution in [0.1, 0.15) is 19.8 Å². The van der Waals surface area contributed by atoms with Gasteiger partial charge in [0.25, 0.3) is 0 Å². The van der Waals surface area contributed by atoms with E-state index in [0.29, 0.717) is 12.8 Å². The molecule has 0 spiro atoms. The molecule has 0 heterocycles. The Bertz CT molecular complexity index is 671. The van der Waals surface area contributed by atoms with Gasteiger partial charge in [-0.1, -0.05) is 13.0 Å². The topological polar surface area (TPSA) is 127 Å². The summed E-state index contributed by atoms with van der Waals surface area (Å²) in [6, 6.07) is 4.88. The lowest BCUT2D eigenvalue weighted by atomic mass is 10.1. The maximum atomic E-state index is 12.0. The van der Waals surface area contributed by atoms with E-state index < -0.39 is 20.0 Å². The van der Waals surface area contributed by atoms with Crippen molar-refractivity contribution in [1.82, 2.24) is 4.72 Å². The second-order valence-electron chi connectivity index (χ2n) is 4.85. The summed E-state index contributed by atoms with van der Waals surface area (Å²) in [6.07, 6.45) is 1.27. The summed E-state index contributed by atoms with van der Waals surface area (Å²) < 4.78 is 48.9. The maximum Gasteiger partial charge on any atom is 0.240 e. The molecule has 1 rings (SSSR count). The third kappa shape index (κ3) is 5.71. The Morgan fingerprint density at radius 1 is 1.24 bits per heavy atom. The van der Waals surface area contributed by atoms with Gasteiger partial charge in [-0.25, -0.2) is 26.7 Å². The quantitative estimate of drug-likeness (QED) is 0.577. The summed E-state index contributed by atoms with van der Waals surface area (Å²) in [5, 5.41) is 13.8. The Labute approximate surface area is 125 Å². The van der Waals surface area contributed by atoms with Crippen molar-refractivity contribution in [1.29, 1.82) is 0 Å². The molecule has 0 aliphatic heterocycles. The lowest BCUT2D eigenvalue weighted by molar-refractivity contribution is 0.228. The highest BCUT2D eigenvalue weighted by molar-refractivity contribution is 7.90. The number of benzene rings is 1. The minimum atomic E-state index is -3.95. The van der Waals surface area contributed by atoms with Gasteiger partial charge >= 0.3 is 0 Å². The van der Waals surface area contributed by atoms with E-state index in [-0.39, 0.29) is 28.9 Å². The molecule has 21 heavy (non-hydrogen) atoms. The molecule has 0 saturated heterocycles. The first kappa shape index (κ1) is 18.1. The highest BCUT2D eigenvalue weighted by Crippen LogP contribution is 2.14. The highest BCUT2D eigenvalue weighted by atomic mass is 32.2. The molecule has 0 bridgehead atoms. The van der Waals surface area contributed by atoms with Gasteiger partial charge in [-0.15, -0.1) is 0 Å². The third-order valence-electron chi connectivity index (χ3n) is 2.92. The number of primary sulfonamides is 1. The lowest BCUT2D eigenvalue weighted by Gasteiger charge is -2.09. The SMILES string of the molecule is CC(CO)CCCNS(=O)(=O)c1cccc(S(N)(=O)=O)c1. The van der Waals surface area contributed by atoms with Gasteiger partial charge in [0, 0.05) is 13.2 Å². The normalized spacial score (nSPS) is 14.0. The van der Waals surface area contributed by atoms with E-state index in [1.807, 2.05) is 6.92 Å². The molecule has 7 nitrogen and oxygen atoms in total. The Hall–Kier alpha value is -1.00. The fourth-order valence-electron chi connectivity index (χ4n) is 1.65. The molecule has 0 aromatic heterocycles. The van der Waals surface area contributed by atoms with Crippen LogP contribution >= 0.6 is 0 Å². The largest absolute Gasteiger partial charge is 0.396 e. The molecule has 0 fully saturated rings. The van der Waals surface area contributed by atoms with E-state index in [2.05, 4.69) is 4.72 Å². The smallest absolute Gasteiger partial charge is 0.240 e. The average Bonchev–Trinajstić information content (AvgIpc) is 2.42. The fourth-order valence-corrected chi connectivity index (χ4v) is 3.40. The van der Waals surface area contributed by atoms with E-state index in [9.17, 15) is 16.8 Å². The van der Waals surface area contributed by atoms with Crippen LogP contribution in [-0.2, 0) is 20.0 Å². The molecule has 0 amide bonds. The van der Waals surface area contributed by atoms with Crippen LogP contribution in [0.4, 0.5) is 0 Å². The molecule has 0 saturated carbocycles. The average molecular weight is 336 g/mol. The van der Waals surface area contributed by atoms with Crippen molar-refractivity contribution >= 4 is 20.0 Å². The van der Waals surface area contributed by atoms with Crippen molar-refractivity contribution in [2.75, 3.05) is 13.2 Å². The molecule has 1 unspecified atom stereocenters. The molecular formula is C12H20N2O5S2. The van der Waals surface area contributed by atoms with Crippen LogP contribution in [0, 0.1) is 5.92 Å². The zero-order chi connectivity index (χ0) is 16.1. The van der Waals surface area contributed by atoms with Gasteiger partial charge in [-0.3, -0.25) is 0 Å². The summed E-state index contributed by atoms with van der Waals surface area (Å²) in [4.78, 5) is -0.400. The van der Waals surface area contributed by atoms with Crippen molar-refractivity contribution in [3.63, 3.8) is 0 Å². The monoisotopic (exact) mass is 336 g/mol. The minimum Gasteiger partial charge on any atom is -0.396 e. The first-order valence-corrected chi connectivity index (χ1v) is 9.43. The maximum absolute atomic E-state index is 12.0. The number of sulfonamides is 2. The van der Waals surface area contributed by atoms with Gasteiger partial charge in [0.1, 0.15) is 0 Å². The van der Waals surface area contributed by atoms with Crippen molar-refractivity contribution in [2.24, 2.45) is 11.1 Å². The van der Waals surface area contributed by atoms with Gasteiger partial charge < -0.3 is 5.11 Å². The zero-order valence-corrected chi connectivity index (χ0v) is 13.3. The summed E-state index contributed by atoms with van der Waals surface area (Å²) >= 11 is 0. The molecule has 1 aromatic rings. The number of aliphatic hydroxyl groups excluding tert-OH is 1. The molecule has 0 radical (unpaired) electrons. The fraction of sp³-hybridized carbons (Fsp3) is 0.500. The lowest BCUT2D eigenvalue weighted by Crippen LogP contribution is -2.25. The number of aliphatic hydroxyl groups is 1. The predicted molar refractivity (Wildman–Crippen MR) is 78.5 cm³/mol. The molecule has 120 valence electrons. The number of hydrogen-bond acceptors (Lipinski definition) is 5. The molecule has 1 atom stereocenters. The number of hydrogen-bond donors (Lipinski definition) is 3. The van der Waals surface area contributed by atoms with Gasteiger partial charge in [-0.2, -0.15) is 0 Å². The van der Waals surface area contributed by atoms with Gasteiger partial charge in [-0.05, 0) is 37.0 Å². The van der Waals surface area contributed by atoms with E-state index in [0.717, 1.165) is 6.07 Å². The van der Waals surface area contributed by atoms with Crippen LogP contribution in [0.25, 0.3) is 0 Å². The van der Waals surface area contributed by atoms with Gasteiger partial charge in [0.2, 0.25) is 20.0 Å². The van der Waals surface area contributed by atoms with Crippen LogP contribution in [0.5, 0.6) is 0 Å². The van der Waals surface area contributed by atoms with E-state index in [4.69, 9.17) is 10.2 Å². The van der Waals surface area contributed by atoms with Crippen LogP contribution in [-0.4, -0.2) is 35.1 Å². The number of nitrogens with one attached hydrogen (secondary N) is 1. The van der Waals surface area contributed by atoms with Crippen LogP contribution in [0.15, 0.2) is 34.1 Å². The predicted octanol–water partition coefficient (Wildman–Crippen LogP) is 0.0209. The molecule has 0 aliphatic carbocycles. The van der Waals surface area contributed by atoms with Crippen molar-refractivity contribution < 1.29 is 21.9 Å². The van der Waals surface area contributed by atoms with E-state index in [1.54, 1.807) is 0 Å². The Balaban J connectivity index is 2.75.